The van der Waals surface area contributed by atoms with Gasteiger partial charge in [-0.3, -0.25) is 14.5 Å². The summed E-state index contributed by atoms with van der Waals surface area (Å²) in [6.07, 6.45) is 4.31. The van der Waals surface area contributed by atoms with Gasteiger partial charge in [0, 0.05) is 30.3 Å². The number of aromatic hydroxyl groups is 1. The topological polar surface area (TPSA) is 106 Å². The Kier molecular flexibility index (Phi) is 7.25. The van der Waals surface area contributed by atoms with Crippen molar-refractivity contribution in [3.63, 3.8) is 0 Å². The quantitative estimate of drug-likeness (QED) is 0.507. The number of fused-ring (bicyclic) bond motifs is 1. The number of hydrogen-bond donors (Lipinski definition) is 1. The first-order valence-electron chi connectivity index (χ1n) is 11.5. The molecule has 1 aliphatic carbocycles. The first-order valence-corrected chi connectivity index (χ1v) is 11.5. The fraction of sp³-hybridized carbons (Fsp3) is 0.385. The van der Waals surface area contributed by atoms with Gasteiger partial charge in [0.2, 0.25) is 0 Å². The maximum absolute atomic E-state index is 13.6. The maximum Gasteiger partial charge on any atom is 0.414 e. The number of rotatable bonds is 6. The second-order valence-electron chi connectivity index (χ2n) is 8.42. The smallest absolute Gasteiger partial charge is 0.414 e. The van der Waals surface area contributed by atoms with Gasteiger partial charge in [0.15, 0.2) is 5.78 Å². The number of hydrogen-bond acceptors (Lipinski definition) is 7. The number of ether oxygens (including phenoxy) is 2. The Morgan fingerprint density at radius 2 is 1.91 bits per heavy atom. The van der Waals surface area contributed by atoms with Gasteiger partial charge in [-0.1, -0.05) is 36.4 Å². The molecule has 178 valence electrons. The van der Waals surface area contributed by atoms with Gasteiger partial charge in [0.05, 0.1) is 12.5 Å². The van der Waals surface area contributed by atoms with Crippen molar-refractivity contribution in [3.05, 3.63) is 71.7 Å². The van der Waals surface area contributed by atoms with Crippen molar-refractivity contribution in [2.24, 2.45) is 17.8 Å². The van der Waals surface area contributed by atoms with E-state index in [4.69, 9.17) is 9.47 Å². The number of esters is 1. The van der Waals surface area contributed by atoms with Crippen molar-refractivity contribution in [3.8, 4) is 5.75 Å². The predicted molar refractivity (Wildman–Crippen MR) is 123 cm³/mol. The lowest BCUT2D eigenvalue weighted by atomic mass is 9.68. The van der Waals surface area contributed by atoms with Gasteiger partial charge in [0.25, 0.3) is 0 Å². The number of nitrogens with zero attached hydrogens (tertiary/aromatic N) is 2. The molecule has 1 aliphatic heterocycles. The minimum Gasteiger partial charge on any atom is -0.506 e. The van der Waals surface area contributed by atoms with Crippen LogP contribution in [0.25, 0.3) is 0 Å². The number of benzene rings is 1. The Labute approximate surface area is 198 Å². The zero-order valence-electron chi connectivity index (χ0n) is 19.1. The summed E-state index contributed by atoms with van der Waals surface area (Å²) in [5.41, 5.74) is 1.48. The zero-order valence-corrected chi connectivity index (χ0v) is 19.1. The number of allylic oxidation sites excluding steroid dienone is 2. The molecular formula is C26H28N2O6. The van der Waals surface area contributed by atoms with Crippen LogP contribution in [0.1, 0.15) is 42.2 Å². The van der Waals surface area contributed by atoms with Crippen molar-refractivity contribution < 1.29 is 29.0 Å². The molecule has 1 aromatic carbocycles. The largest absolute Gasteiger partial charge is 0.506 e. The monoisotopic (exact) mass is 464 g/mol. The highest BCUT2D eigenvalue weighted by molar-refractivity contribution is 6.01. The number of pyridine rings is 1. The standard InChI is InChI=1S/C26H28N2O6/c1-2-33-25(31)19-12-13-20-18(22(19)24(30)23-21(29)11-6-14-27-23)10-7-15-28(20)26(32)34-16-17-8-4-3-5-9-17/h3-6,8-9,11,13-14,18-19,22,29H,2,7,10,12,15-16H2,1H3/t18-,19-,22-/m1/s1. The van der Waals surface area contributed by atoms with E-state index in [1.54, 1.807) is 11.8 Å². The third-order valence-electron chi connectivity index (χ3n) is 6.37. The van der Waals surface area contributed by atoms with E-state index in [2.05, 4.69) is 4.98 Å². The highest BCUT2D eigenvalue weighted by Crippen LogP contribution is 2.44. The van der Waals surface area contributed by atoms with Crippen molar-refractivity contribution in [2.75, 3.05) is 13.2 Å². The van der Waals surface area contributed by atoms with Crippen molar-refractivity contribution in [1.29, 1.82) is 0 Å². The summed E-state index contributed by atoms with van der Waals surface area (Å²) >= 11 is 0. The van der Waals surface area contributed by atoms with Crippen molar-refractivity contribution in [1.82, 2.24) is 9.88 Å². The Morgan fingerprint density at radius 1 is 1.12 bits per heavy atom. The fourth-order valence-electron chi connectivity index (χ4n) is 4.84. The molecule has 1 fully saturated rings. The first-order chi connectivity index (χ1) is 16.5. The molecular weight excluding hydrogens is 436 g/mol. The van der Waals surface area contributed by atoms with Crippen LogP contribution >= 0.6 is 0 Å². The molecule has 0 radical (unpaired) electrons. The molecule has 2 heterocycles. The van der Waals surface area contributed by atoms with E-state index in [1.807, 2.05) is 36.4 Å². The van der Waals surface area contributed by atoms with Gasteiger partial charge in [0.1, 0.15) is 18.1 Å². The minimum atomic E-state index is -0.801. The number of carbonyl (C=O) groups is 3. The maximum atomic E-state index is 13.6. The molecule has 1 N–H and O–H groups in total. The molecule has 0 bridgehead atoms. The van der Waals surface area contributed by atoms with Gasteiger partial charge < -0.3 is 14.6 Å². The fourth-order valence-corrected chi connectivity index (χ4v) is 4.84. The summed E-state index contributed by atoms with van der Waals surface area (Å²) < 4.78 is 10.8. The summed E-state index contributed by atoms with van der Waals surface area (Å²) in [5, 5.41) is 10.3. The summed E-state index contributed by atoms with van der Waals surface area (Å²) in [7, 11) is 0. The summed E-state index contributed by atoms with van der Waals surface area (Å²) in [4.78, 5) is 45.0. The van der Waals surface area contributed by atoms with Gasteiger partial charge >= 0.3 is 12.1 Å². The molecule has 3 atom stereocenters. The summed E-state index contributed by atoms with van der Waals surface area (Å²) in [6, 6.07) is 12.3. The number of Topliss-reactive ketones (excluding diaryl/α,β-unsaturated/α-hetero) is 1. The molecule has 4 rings (SSSR count). The highest BCUT2D eigenvalue weighted by atomic mass is 16.6. The first kappa shape index (κ1) is 23.5. The van der Waals surface area contributed by atoms with Crippen LogP contribution in [-0.2, 0) is 20.9 Å². The third-order valence-corrected chi connectivity index (χ3v) is 6.37. The molecule has 1 saturated heterocycles. The van der Waals surface area contributed by atoms with E-state index in [-0.39, 0.29) is 31.1 Å². The number of amides is 1. The van der Waals surface area contributed by atoms with E-state index >= 15 is 0 Å². The average Bonchev–Trinajstić information content (AvgIpc) is 2.86. The molecule has 2 aliphatic rings. The molecule has 0 saturated carbocycles. The van der Waals surface area contributed by atoms with E-state index < -0.39 is 35.6 Å². The zero-order chi connectivity index (χ0) is 24.1. The van der Waals surface area contributed by atoms with E-state index in [1.165, 1.54) is 18.3 Å². The Balaban J connectivity index is 1.61. The lowest BCUT2D eigenvalue weighted by molar-refractivity contribution is -0.150. The van der Waals surface area contributed by atoms with Crippen molar-refractivity contribution >= 4 is 17.8 Å². The Morgan fingerprint density at radius 3 is 2.65 bits per heavy atom. The van der Waals surface area contributed by atoms with Crippen LogP contribution in [0.4, 0.5) is 4.79 Å². The highest BCUT2D eigenvalue weighted by Gasteiger charge is 2.48. The van der Waals surface area contributed by atoms with Crippen LogP contribution < -0.4 is 0 Å². The van der Waals surface area contributed by atoms with Crippen LogP contribution in [-0.4, -0.2) is 46.0 Å². The molecule has 0 unspecified atom stereocenters. The van der Waals surface area contributed by atoms with Crippen molar-refractivity contribution in [2.45, 2.75) is 32.8 Å². The number of aromatic nitrogens is 1. The predicted octanol–water partition coefficient (Wildman–Crippen LogP) is 4.10. The van der Waals surface area contributed by atoms with Gasteiger partial charge in [-0.05, 0) is 43.9 Å². The molecule has 0 spiro atoms. The molecule has 1 amide bonds. The van der Waals surface area contributed by atoms with E-state index in [0.717, 1.165) is 5.56 Å². The second-order valence-corrected chi connectivity index (χ2v) is 8.42. The minimum absolute atomic E-state index is 0.0770. The van der Waals surface area contributed by atoms with Crippen LogP contribution in [0.2, 0.25) is 0 Å². The summed E-state index contributed by atoms with van der Waals surface area (Å²) in [5.74, 6) is -3.04. The second kappa shape index (κ2) is 10.5. The van der Waals surface area contributed by atoms with Crippen LogP contribution in [0.3, 0.4) is 0 Å². The number of ketones is 1. The van der Waals surface area contributed by atoms with Gasteiger partial charge in [-0.15, -0.1) is 0 Å². The summed E-state index contributed by atoms with van der Waals surface area (Å²) in [6.45, 7) is 2.53. The Hall–Kier alpha value is -3.68. The number of carbonyl (C=O) groups excluding carboxylic acids is 3. The molecule has 1 aromatic heterocycles. The SMILES string of the molecule is CCOC(=O)[C@@H]1CC=C2[C@@H](CCCN2C(=O)OCc2ccccc2)[C@H]1C(=O)c1ncccc1O. The number of likely N-dealkylation sites (tertiary alicyclic amines) is 1. The van der Waals surface area contributed by atoms with E-state index in [9.17, 15) is 19.5 Å². The lowest BCUT2D eigenvalue weighted by Crippen LogP contribution is -2.47. The Bertz CT molecular complexity index is 1080. The molecule has 8 heteroatoms. The molecule has 8 nitrogen and oxygen atoms in total. The average molecular weight is 465 g/mol. The van der Waals surface area contributed by atoms with Gasteiger partial charge in [-0.25, -0.2) is 9.78 Å². The van der Waals surface area contributed by atoms with Gasteiger partial charge in [-0.2, -0.15) is 0 Å². The third kappa shape index (κ3) is 4.81. The lowest BCUT2D eigenvalue weighted by Gasteiger charge is -2.43. The number of piperidine rings is 1. The molecule has 34 heavy (non-hydrogen) atoms. The van der Waals surface area contributed by atoms with E-state index in [0.29, 0.717) is 25.1 Å². The molecule has 2 aromatic rings. The van der Waals surface area contributed by atoms with Crippen LogP contribution in [0.5, 0.6) is 5.75 Å². The van der Waals surface area contributed by atoms with Crippen LogP contribution in [0.15, 0.2) is 60.4 Å². The van der Waals surface area contributed by atoms with Crippen LogP contribution in [0, 0.1) is 17.8 Å². The normalized spacial score (nSPS) is 21.7.